The Hall–Kier alpha value is -5.15. The number of carbonyl (C=O) groups excluding carboxylic acids is 2. The van der Waals surface area contributed by atoms with E-state index in [0.29, 0.717) is 21.5 Å². The highest BCUT2D eigenvalue weighted by Gasteiger charge is 2.19. The van der Waals surface area contributed by atoms with Crippen LogP contribution in [-0.4, -0.2) is 48.8 Å². The second-order valence-electron chi connectivity index (χ2n) is 9.34. The van der Waals surface area contributed by atoms with Crippen LogP contribution in [0.1, 0.15) is 31.1 Å². The van der Waals surface area contributed by atoms with Gasteiger partial charge in [-0.3, -0.25) is 18.7 Å². The normalized spacial score (nSPS) is 11.8. The third-order valence-electron chi connectivity index (χ3n) is 6.50. The Morgan fingerprint density at radius 2 is 0.930 bits per heavy atom. The maximum atomic E-state index is 13.2. The van der Waals surface area contributed by atoms with Crippen molar-refractivity contribution >= 4 is 70.9 Å². The quantitative estimate of drug-likeness (QED) is 0.159. The van der Waals surface area contributed by atoms with Crippen LogP contribution in [0.5, 0.6) is 0 Å². The van der Waals surface area contributed by atoms with Crippen LogP contribution in [0.15, 0.2) is 101 Å². The maximum Gasteiger partial charge on any atom is 0.335 e. The molecule has 0 aliphatic heterocycles. The summed E-state index contributed by atoms with van der Waals surface area (Å²) in [5, 5.41) is 16.6. The molecule has 2 amide bonds. The number of hydrogen-bond donors (Lipinski definition) is 5. The molecule has 0 atom stereocenters. The Balaban J connectivity index is 1.47. The van der Waals surface area contributed by atoms with E-state index in [-0.39, 0.29) is 37.9 Å². The van der Waals surface area contributed by atoms with Crippen LogP contribution in [0.4, 0.5) is 11.4 Å². The molecule has 5 rings (SSSR count). The van der Waals surface area contributed by atoms with Crippen molar-refractivity contribution < 1.29 is 45.4 Å². The van der Waals surface area contributed by atoms with Crippen LogP contribution in [0.25, 0.3) is 21.5 Å². The Labute approximate surface area is 244 Å². The fourth-order valence-electron chi connectivity index (χ4n) is 4.46. The molecule has 0 spiro atoms. The van der Waals surface area contributed by atoms with Crippen molar-refractivity contribution in [3.05, 3.63) is 108 Å². The van der Waals surface area contributed by atoms with E-state index >= 15 is 0 Å². The summed E-state index contributed by atoms with van der Waals surface area (Å²) in [6.07, 6.45) is 0. The average molecular weight is 621 g/mol. The summed E-state index contributed by atoms with van der Waals surface area (Å²) >= 11 is 0. The molecule has 5 aromatic rings. The SMILES string of the molecule is O=C(O)c1cc(C(=O)Nc2cccc3cc(S(=O)(=O)O)ccc23)cc(C(=O)Nc2cccc3cc(S(=O)(=O)O)ccc23)c1. The lowest BCUT2D eigenvalue weighted by molar-refractivity contribution is 0.0696. The molecular weight excluding hydrogens is 600 g/mol. The van der Waals surface area contributed by atoms with E-state index in [1.807, 2.05) is 0 Å². The van der Waals surface area contributed by atoms with Crippen molar-refractivity contribution in [2.45, 2.75) is 9.79 Å². The molecule has 5 aromatic carbocycles. The van der Waals surface area contributed by atoms with E-state index in [9.17, 15) is 45.4 Å². The zero-order valence-electron chi connectivity index (χ0n) is 21.7. The summed E-state index contributed by atoms with van der Waals surface area (Å²) in [7, 11) is -8.91. The van der Waals surface area contributed by atoms with E-state index in [4.69, 9.17) is 0 Å². The van der Waals surface area contributed by atoms with Gasteiger partial charge in [0.05, 0.1) is 15.4 Å². The summed E-state index contributed by atoms with van der Waals surface area (Å²) in [4.78, 5) is 37.6. The van der Waals surface area contributed by atoms with Gasteiger partial charge in [0.2, 0.25) is 0 Å². The van der Waals surface area contributed by atoms with Crippen LogP contribution < -0.4 is 10.6 Å². The molecule has 0 fully saturated rings. The Morgan fingerprint density at radius 3 is 1.30 bits per heavy atom. The van der Waals surface area contributed by atoms with Crippen molar-refractivity contribution in [2.75, 3.05) is 10.6 Å². The van der Waals surface area contributed by atoms with Gasteiger partial charge in [-0.1, -0.05) is 36.4 Å². The predicted molar refractivity (Wildman–Crippen MR) is 157 cm³/mol. The predicted octanol–water partition coefficient (Wildman–Crippen LogP) is 4.69. The van der Waals surface area contributed by atoms with Gasteiger partial charge >= 0.3 is 5.97 Å². The second-order valence-corrected chi connectivity index (χ2v) is 12.2. The number of aromatic carboxylic acids is 1. The van der Waals surface area contributed by atoms with Gasteiger partial charge in [0, 0.05) is 33.3 Å². The minimum Gasteiger partial charge on any atom is -0.478 e. The first kappa shape index (κ1) is 29.3. The van der Waals surface area contributed by atoms with E-state index < -0.39 is 38.0 Å². The van der Waals surface area contributed by atoms with Crippen molar-refractivity contribution in [2.24, 2.45) is 0 Å². The number of rotatable bonds is 7. The van der Waals surface area contributed by atoms with Crippen LogP contribution >= 0.6 is 0 Å². The molecule has 0 aliphatic carbocycles. The van der Waals surface area contributed by atoms with E-state index in [2.05, 4.69) is 10.6 Å². The van der Waals surface area contributed by atoms with Crippen molar-refractivity contribution in [3.8, 4) is 0 Å². The first-order chi connectivity index (χ1) is 20.2. The topological polar surface area (TPSA) is 204 Å². The first-order valence-corrected chi connectivity index (χ1v) is 15.1. The molecule has 0 heterocycles. The largest absolute Gasteiger partial charge is 0.478 e. The number of nitrogens with one attached hydrogen (secondary N) is 2. The lowest BCUT2D eigenvalue weighted by Gasteiger charge is -2.13. The first-order valence-electron chi connectivity index (χ1n) is 12.2. The standard InChI is InChI=1S/C29H20N2O10S2/c32-27(30-25-5-1-3-16-14-21(42(36,37)38)7-9-23(16)25)18-11-19(13-20(12-18)29(34)35)28(33)31-26-6-2-4-17-15-22(43(39,40)41)8-10-24(17)26/h1-15H,(H,30,32)(H,31,33)(H,34,35)(H,36,37,38)(H,39,40,41). The third kappa shape index (κ3) is 6.22. The van der Waals surface area contributed by atoms with Crippen LogP contribution in [0.2, 0.25) is 0 Å². The van der Waals surface area contributed by atoms with Gasteiger partial charge in [0.25, 0.3) is 32.1 Å². The van der Waals surface area contributed by atoms with Crippen molar-refractivity contribution in [1.29, 1.82) is 0 Å². The Kier molecular flexibility index (Phi) is 7.45. The average Bonchev–Trinajstić information content (AvgIpc) is 2.95. The number of carboxylic acids is 1. The number of hydrogen-bond acceptors (Lipinski definition) is 7. The van der Waals surface area contributed by atoms with Gasteiger partial charge in [-0.2, -0.15) is 16.8 Å². The maximum absolute atomic E-state index is 13.2. The Bertz CT molecular complexity index is 2060. The summed E-state index contributed by atoms with van der Waals surface area (Å²) in [6, 6.07) is 20.2. The molecule has 43 heavy (non-hydrogen) atoms. The minimum atomic E-state index is -4.46. The molecule has 12 nitrogen and oxygen atoms in total. The van der Waals surface area contributed by atoms with Gasteiger partial charge in [0.15, 0.2) is 0 Å². The van der Waals surface area contributed by atoms with E-state index in [1.165, 1.54) is 42.5 Å². The second kappa shape index (κ2) is 10.9. The summed E-state index contributed by atoms with van der Waals surface area (Å²) in [5.74, 6) is -2.91. The van der Waals surface area contributed by atoms with E-state index in [1.54, 1.807) is 24.3 Å². The van der Waals surface area contributed by atoms with Crippen LogP contribution in [0, 0.1) is 0 Å². The molecular formula is C29H20N2O10S2. The smallest absolute Gasteiger partial charge is 0.335 e. The molecule has 0 saturated carbocycles. The molecule has 0 radical (unpaired) electrons. The highest BCUT2D eigenvalue weighted by atomic mass is 32.2. The van der Waals surface area contributed by atoms with Gasteiger partial charge in [0.1, 0.15) is 0 Å². The summed E-state index contributed by atoms with van der Waals surface area (Å²) < 4.78 is 64.7. The molecule has 0 aliphatic rings. The fourth-order valence-corrected chi connectivity index (χ4v) is 5.50. The van der Waals surface area contributed by atoms with Crippen LogP contribution in [-0.2, 0) is 20.2 Å². The fraction of sp³-hybridized carbons (Fsp3) is 0. The van der Waals surface area contributed by atoms with Gasteiger partial charge in [-0.15, -0.1) is 0 Å². The number of carboxylic acid groups (broad SMARTS) is 1. The molecule has 0 saturated heterocycles. The molecule has 0 bridgehead atoms. The highest BCUT2D eigenvalue weighted by molar-refractivity contribution is 7.86. The number of anilines is 2. The lowest BCUT2D eigenvalue weighted by atomic mass is 10.0. The highest BCUT2D eigenvalue weighted by Crippen LogP contribution is 2.28. The lowest BCUT2D eigenvalue weighted by Crippen LogP contribution is -2.17. The summed E-state index contributed by atoms with van der Waals surface area (Å²) in [6.45, 7) is 0. The number of fused-ring (bicyclic) bond motifs is 2. The minimum absolute atomic E-state index is 0.160. The van der Waals surface area contributed by atoms with Crippen LogP contribution in [0.3, 0.4) is 0 Å². The van der Waals surface area contributed by atoms with Gasteiger partial charge in [-0.05, 0) is 65.4 Å². The molecule has 14 heteroatoms. The number of benzene rings is 5. The van der Waals surface area contributed by atoms with Gasteiger partial charge in [-0.25, -0.2) is 4.79 Å². The monoisotopic (exact) mass is 620 g/mol. The van der Waals surface area contributed by atoms with Crippen molar-refractivity contribution in [3.63, 3.8) is 0 Å². The molecule has 0 aromatic heterocycles. The summed E-state index contributed by atoms with van der Waals surface area (Å²) in [5.41, 5.74) is -0.142. The van der Waals surface area contributed by atoms with E-state index in [0.717, 1.165) is 24.3 Å². The Morgan fingerprint density at radius 1 is 0.535 bits per heavy atom. The zero-order valence-corrected chi connectivity index (χ0v) is 23.3. The number of amides is 2. The molecule has 5 N–H and O–H groups in total. The zero-order chi connectivity index (χ0) is 31.1. The molecule has 218 valence electrons. The van der Waals surface area contributed by atoms with Gasteiger partial charge < -0.3 is 15.7 Å². The molecule has 0 unspecified atom stereocenters. The third-order valence-corrected chi connectivity index (χ3v) is 8.20. The van der Waals surface area contributed by atoms with Crippen molar-refractivity contribution in [1.82, 2.24) is 0 Å². The number of carbonyl (C=O) groups is 3.